The van der Waals surface area contributed by atoms with Gasteiger partial charge in [0.1, 0.15) is 18.2 Å². The maximum atomic E-state index is 13.2. The Morgan fingerprint density at radius 3 is 2.58 bits per heavy atom. The van der Waals surface area contributed by atoms with Crippen LogP contribution in [0.3, 0.4) is 0 Å². The number of benzene rings is 3. The third-order valence-electron chi connectivity index (χ3n) is 5.34. The number of carbonyl (C=O) groups is 1. The summed E-state index contributed by atoms with van der Waals surface area (Å²) in [6.07, 6.45) is 0.211. The highest BCUT2D eigenvalue weighted by Gasteiger charge is 2.23. The van der Waals surface area contributed by atoms with Gasteiger partial charge in [-0.15, -0.1) is 0 Å². The van der Waals surface area contributed by atoms with Gasteiger partial charge in [-0.1, -0.05) is 24.3 Å². The second kappa shape index (κ2) is 9.08. The molecule has 0 N–H and O–H groups in total. The van der Waals surface area contributed by atoms with Crippen LogP contribution in [0.2, 0.25) is 0 Å². The Hall–Kier alpha value is -3.54. The first kappa shape index (κ1) is 20.7. The van der Waals surface area contributed by atoms with Crippen LogP contribution in [0.25, 0.3) is 11.1 Å². The lowest BCUT2D eigenvalue weighted by Gasteiger charge is -2.20. The molecule has 6 heteroatoms. The lowest BCUT2D eigenvalue weighted by Crippen LogP contribution is -2.33. The molecule has 1 heterocycles. The van der Waals surface area contributed by atoms with Crippen molar-refractivity contribution in [3.05, 3.63) is 77.6 Å². The Morgan fingerprint density at radius 2 is 1.84 bits per heavy atom. The monoisotopic (exact) mass is 421 g/mol. The number of carbonyl (C=O) groups excluding carboxylic acids is 1. The Morgan fingerprint density at radius 1 is 1.03 bits per heavy atom. The molecular formula is C25H24FNO4. The first-order valence-electron chi connectivity index (χ1n) is 10.1. The van der Waals surface area contributed by atoms with Gasteiger partial charge in [0.25, 0.3) is 0 Å². The zero-order valence-corrected chi connectivity index (χ0v) is 17.6. The first-order chi connectivity index (χ1) is 15.1. The molecule has 3 aromatic carbocycles. The molecule has 0 saturated carbocycles. The molecule has 160 valence electrons. The Balaban J connectivity index is 1.63. The van der Waals surface area contributed by atoms with E-state index >= 15 is 0 Å². The van der Waals surface area contributed by atoms with Gasteiger partial charge in [-0.2, -0.15) is 0 Å². The van der Waals surface area contributed by atoms with Crippen molar-refractivity contribution in [2.75, 3.05) is 27.4 Å². The van der Waals surface area contributed by atoms with Crippen molar-refractivity contribution in [1.82, 2.24) is 4.90 Å². The molecule has 1 aliphatic heterocycles. The van der Waals surface area contributed by atoms with E-state index in [0.717, 1.165) is 28.0 Å². The summed E-state index contributed by atoms with van der Waals surface area (Å²) in [5.41, 5.74) is 3.58. The molecule has 0 bridgehead atoms. The number of rotatable bonds is 5. The van der Waals surface area contributed by atoms with Gasteiger partial charge in [-0.3, -0.25) is 4.79 Å². The van der Waals surface area contributed by atoms with E-state index in [1.54, 1.807) is 31.3 Å². The van der Waals surface area contributed by atoms with Crippen LogP contribution in [0.1, 0.15) is 11.1 Å². The van der Waals surface area contributed by atoms with Gasteiger partial charge in [0.2, 0.25) is 5.91 Å². The largest absolute Gasteiger partial charge is 0.497 e. The number of methoxy groups -OCH3 is 2. The second-order valence-electron chi connectivity index (χ2n) is 7.37. The standard InChI is InChI=1S/C25H24FNO4/c1-29-22-5-3-4-18(14-22)19-13-20-16-27(10-11-31-25(20)23(15-19)30-2)24(28)12-17-6-8-21(26)9-7-17/h3-9,13-15H,10-12,16H2,1-2H3. The van der Waals surface area contributed by atoms with Crippen LogP contribution in [-0.2, 0) is 17.8 Å². The van der Waals surface area contributed by atoms with Gasteiger partial charge in [0, 0.05) is 12.1 Å². The summed E-state index contributed by atoms with van der Waals surface area (Å²) in [5.74, 6) is 1.70. The lowest BCUT2D eigenvalue weighted by atomic mass is 10.0. The quantitative estimate of drug-likeness (QED) is 0.610. The predicted molar refractivity (Wildman–Crippen MR) is 116 cm³/mol. The third-order valence-corrected chi connectivity index (χ3v) is 5.34. The Kier molecular flexibility index (Phi) is 6.07. The fourth-order valence-corrected chi connectivity index (χ4v) is 3.71. The molecular weight excluding hydrogens is 397 g/mol. The summed E-state index contributed by atoms with van der Waals surface area (Å²) in [5, 5.41) is 0. The molecule has 5 nitrogen and oxygen atoms in total. The fourth-order valence-electron chi connectivity index (χ4n) is 3.71. The predicted octanol–water partition coefficient (Wildman–Crippen LogP) is 4.47. The number of ether oxygens (including phenoxy) is 3. The highest BCUT2D eigenvalue weighted by atomic mass is 19.1. The average Bonchev–Trinajstić information content (AvgIpc) is 3.02. The molecule has 0 atom stereocenters. The summed E-state index contributed by atoms with van der Waals surface area (Å²) in [6.45, 7) is 1.24. The van der Waals surface area contributed by atoms with Crippen molar-refractivity contribution in [2.45, 2.75) is 13.0 Å². The molecule has 0 spiro atoms. The highest BCUT2D eigenvalue weighted by molar-refractivity contribution is 5.79. The Bertz CT molecular complexity index is 1080. The normalized spacial score (nSPS) is 13.1. The van der Waals surface area contributed by atoms with Gasteiger partial charge in [0.05, 0.1) is 27.2 Å². The van der Waals surface area contributed by atoms with Crippen molar-refractivity contribution < 1.29 is 23.4 Å². The minimum Gasteiger partial charge on any atom is -0.497 e. The maximum Gasteiger partial charge on any atom is 0.227 e. The summed E-state index contributed by atoms with van der Waals surface area (Å²) in [4.78, 5) is 14.7. The molecule has 0 aromatic heterocycles. The molecule has 1 amide bonds. The van der Waals surface area contributed by atoms with E-state index in [-0.39, 0.29) is 18.1 Å². The number of amides is 1. The molecule has 0 fully saturated rings. The van der Waals surface area contributed by atoms with Crippen molar-refractivity contribution in [2.24, 2.45) is 0 Å². The molecule has 0 unspecified atom stereocenters. The number of hydrogen-bond donors (Lipinski definition) is 0. The van der Waals surface area contributed by atoms with Crippen LogP contribution < -0.4 is 14.2 Å². The molecule has 0 aliphatic carbocycles. The topological polar surface area (TPSA) is 48.0 Å². The van der Waals surface area contributed by atoms with E-state index in [2.05, 4.69) is 0 Å². The van der Waals surface area contributed by atoms with Crippen LogP contribution in [0, 0.1) is 5.82 Å². The smallest absolute Gasteiger partial charge is 0.227 e. The van der Waals surface area contributed by atoms with Crippen molar-refractivity contribution in [3.63, 3.8) is 0 Å². The molecule has 4 rings (SSSR count). The van der Waals surface area contributed by atoms with E-state index in [1.165, 1.54) is 12.1 Å². The number of fused-ring (bicyclic) bond motifs is 1. The van der Waals surface area contributed by atoms with E-state index in [0.29, 0.717) is 31.2 Å². The zero-order valence-electron chi connectivity index (χ0n) is 17.6. The van der Waals surface area contributed by atoms with Crippen molar-refractivity contribution >= 4 is 5.91 Å². The van der Waals surface area contributed by atoms with Gasteiger partial charge >= 0.3 is 0 Å². The minimum absolute atomic E-state index is 0.0335. The maximum absolute atomic E-state index is 13.2. The van der Waals surface area contributed by atoms with Crippen molar-refractivity contribution in [1.29, 1.82) is 0 Å². The van der Waals surface area contributed by atoms with Crippen LogP contribution in [-0.4, -0.2) is 38.2 Å². The molecule has 31 heavy (non-hydrogen) atoms. The summed E-state index contributed by atoms with van der Waals surface area (Å²) < 4.78 is 30.1. The third kappa shape index (κ3) is 4.63. The first-order valence-corrected chi connectivity index (χ1v) is 10.1. The molecule has 0 radical (unpaired) electrons. The van der Waals surface area contributed by atoms with Crippen molar-refractivity contribution in [3.8, 4) is 28.4 Å². The SMILES string of the molecule is COc1cccc(-c2cc3c(c(OC)c2)OCCN(C(=O)Cc2ccc(F)cc2)C3)c1. The van der Waals surface area contributed by atoms with Crippen LogP contribution in [0.4, 0.5) is 4.39 Å². The Labute approximate surface area is 181 Å². The fraction of sp³-hybridized carbons (Fsp3) is 0.240. The van der Waals surface area contributed by atoms with E-state index in [9.17, 15) is 9.18 Å². The van der Waals surface area contributed by atoms with E-state index in [4.69, 9.17) is 14.2 Å². The van der Waals surface area contributed by atoms with Crippen LogP contribution >= 0.6 is 0 Å². The van der Waals surface area contributed by atoms with E-state index in [1.807, 2.05) is 36.4 Å². The zero-order chi connectivity index (χ0) is 21.8. The highest BCUT2D eigenvalue weighted by Crippen LogP contribution is 2.39. The van der Waals surface area contributed by atoms with Gasteiger partial charge in [0.15, 0.2) is 11.5 Å². The number of halogens is 1. The van der Waals surface area contributed by atoms with Gasteiger partial charge in [-0.25, -0.2) is 4.39 Å². The molecule has 3 aromatic rings. The van der Waals surface area contributed by atoms with Crippen LogP contribution in [0.15, 0.2) is 60.7 Å². The number of hydrogen-bond acceptors (Lipinski definition) is 4. The number of nitrogens with zero attached hydrogens (tertiary/aromatic N) is 1. The van der Waals surface area contributed by atoms with Crippen LogP contribution in [0.5, 0.6) is 17.2 Å². The summed E-state index contributed by atoms with van der Waals surface area (Å²) >= 11 is 0. The van der Waals surface area contributed by atoms with Gasteiger partial charge in [-0.05, 0) is 53.1 Å². The summed E-state index contributed by atoms with van der Waals surface area (Å²) in [7, 11) is 3.24. The molecule has 0 saturated heterocycles. The molecule has 1 aliphatic rings. The lowest BCUT2D eigenvalue weighted by molar-refractivity contribution is -0.131. The average molecular weight is 421 g/mol. The summed E-state index contributed by atoms with van der Waals surface area (Å²) in [6, 6.07) is 17.8. The van der Waals surface area contributed by atoms with E-state index < -0.39 is 0 Å². The second-order valence-corrected chi connectivity index (χ2v) is 7.37. The van der Waals surface area contributed by atoms with Gasteiger partial charge < -0.3 is 19.1 Å². The minimum atomic E-state index is -0.314.